The molecule has 0 amide bonds. The predicted molar refractivity (Wildman–Crippen MR) is 71.0 cm³/mol. The van der Waals surface area contributed by atoms with E-state index < -0.39 is 0 Å². The lowest BCUT2D eigenvalue weighted by molar-refractivity contribution is 0.386. The Morgan fingerprint density at radius 2 is 1.94 bits per heavy atom. The fraction of sp³-hybridized carbons (Fsp3) is 0.200. The fourth-order valence-electron chi connectivity index (χ4n) is 2.01. The molecule has 0 aliphatic heterocycles. The Balaban J connectivity index is 2.45. The average molecular weight is 245 g/mol. The van der Waals surface area contributed by atoms with Crippen LogP contribution in [0.25, 0.3) is 11.1 Å². The van der Waals surface area contributed by atoms with E-state index >= 15 is 0 Å². The Labute approximate surface area is 106 Å². The van der Waals surface area contributed by atoms with Gasteiger partial charge in [-0.25, -0.2) is 4.39 Å². The van der Waals surface area contributed by atoms with Crippen LogP contribution in [0.3, 0.4) is 0 Å². The summed E-state index contributed by atoms with van der Waals surface area (Å²) in [5.74, 6) is -0.0905. The van der Waals surface area contributed by atoms with E-state index in [2.05, 4.69) is 0 Å². The van der Waals surface area contributed by atoms with Crippen molar-refractivity contribution in [1.29, 1.82) is 0 Å². The third-order valence-corrected chi connectivity index (χ3v) is 2.99. The highest BCUT2D eigenvalue weighted by Crippen LogP contribution is 2.28. The second-order valence-corrected chi connectivity index (χ2v) is 4.20. The zero-order chi connectivity index (χ0) is 13.1. The summed E-state index contributed by atoms with van der Waals surface area (Å²) in [6.45, 7) is 2.51. The van der Waals surface area contributed by atoms with Crippen molar-refractivity contribution in [3.05, 3.63) is 53.3 Å². The summed E-state index contributed by atoms with van der Waals surface area (Å²) in [5, 5.41) is 0. The molecule has 2 aromatic carbocycles. The lowest BCUT2D eigenvalue weighted by atomic mass is 9.98. The number of nitrogens with two attached hydrogens (primary N) is 1. The molecule has 18 heavy (non-hydrogen) atoms. The second-order valence-electron chi connectivity index (χ2n) is 4.20. The maximum Gasteiger partial charge on any atom is 0.165 e. The molecule has 0 heterocycles. The molecule has 0 fully saturated rings. The van der Waals surface area contributed by atoms with E-state index in [0.717, 1.165) is 22.3 Å². The fourth-order valence-corrected chi connectivity index (χ4v) is 2.01. The summed E-state index contributed by atoms with van der Waals surface area (Å²) in [6, 6.07) is 10.9. The lowest BCUT2D eigenvalue weighted by Gasteiger charge is -2.09. The lowest BCUT2D eigenvalue weighted by Crippen LogP contribution is -1.97. The average Bonchev–Trinajstić information content (AvgIpc) is 2.38. The molecule has 0 atom stereocenters. The maximum absolute atomic E-state index is 13.7. The zero-order valence-corrected chi connectivity index (χ0v) is 10.5. The molecule has 3 heteroatoms. The van der Waals surface area contributed by atoms with Gasteiger partial charge >= 0.3 is 0 Å². The van der Waals surface area contributed by atoms with Gasteiger partial charge in [-0.3, -0.25) is 0 Å². The van der Waals surface area contributed by atoms with Crippen molar-refractivity contribution in [2.24, 2.45) is 5.73 Å². The Kier molecular flexibility index (Phi) is 3.63. The predicted octanol–water partition coefficient (Wildman–Crippen LogP) is 3.27. The number of hydrogen-bond donors (Lipinski definition) is 1. The van der Waals surface area contributed by atoms with Crippen LogP contribution >= 0.6 is 0 Å². The summed E-state index contributed by atoms with van der Waals surface area (Å²) < 4.78 is 18.6. The van der Waals surface area contributed by atoms with E-state index in [1.165, 1.54) is 13.2 Å². The summed E-state index contributed by atoms with van der Waals surface area (Å²) in [5.41, 5.74) is 9.60. The Morgan fingerprint density at radius 1 is 1.17 bits per heavy atom. The first-order valence-electron chi connectivity index (χ1n) is 5.79. The highest BCUT2D eigenvalue weighted by molar-refractivity contribution is 5.68. The number of methoxy groups -OCH3 is 1. The quantitative estimate of drug-likeness (QED) is 0.900. The molecule has 0 unspecified atom stereocenters. The standard InChI is InChI=1S/C15H16FNO/c1-10-7-11(9-17)3-5-13(10)12-4-6-15(18-2)14(16)8-12/h3-8H,9,17H2,1-2H3. The third-order valence-electron chi connectivity index (χ3n) is 2.99. The molecule has 0 saturated carbocycles. The van der Waals surface area contributed by atoms with E-state index in [9.17, 15) is 4.39 Å². The molecule has 0 radical (unpaired) electrons. The van der Waals surface area contributed by atoms with Gasteiger partial charge in [-0.2, -0.15) is 0 Å². The van der Waals surface area contributed by atoms with Gasteiger partial charge in [-0.15, -0.1) is 0 Å². The number of benzene rings is 2. The summed E-state index contributed by atoms with van der Waals surface area (Å²) in [4.78, 5) is 0. The van der Waals surface area contributed by atoms with E-state index in [1.807, 2.05) is 31.2 Å². The molecule has 2 aromatic rings. The van der Waals surface area contributed by atoms with Gasteiger partial charge in [-0.05, 0) is 41.3 Å². The zero-order valence-electron chi connectivity index (χ0n) is 10.5. The first-order valence-corrected chi connectivity index (χ1v) is 5.79. The first kappa shape index (κ1) is 12.6. The van der Waals surface area contributed by atoms with Crippen molar-refractivity contribution in [1.82, 2.24) is 0 Å². The minimum absolute atomic E-state index is 0.259. The van der Waals surface area contributed by atoms with Gasteiger partial charge in [0, 0.05) is 6.54 Å². The van der Waals surface area contributed by atoms with E-state index in [0.29, 0.717) is 6.54 Å². The van der Waals surface area contributed by atoms with Crippen molar-refractivity contribution >= 4 is 0 Å². The van der Waals surface area contributed by atoms with Crippen LogP contribution in [0.15, 0.2) is 36.4 Å². The minimum Gasteiger partial charge on any atom is -0.494 e. The van der Waals surface area contributed by atoms with Crippen LogP contribution in [0.2, 0.25) is 0 Å². The highest BCUT2D eigenvalue weighted by atomic mass is 19.1. The molecule has 0 aliphatic rings. The summed E-state index contributed by atoms with van der Waals surface area (Å²) >= 11 is 0. The van der Waals surface area contributed by atoms with Crippen LogP contribution in [0, 0.1) is 12.7 Å². The highest BCUT2D eigenvalue weighted by Gasteiger charge is 2.07. The van der Waals surface area contributed by atoms with Crippen molar-refractivity contribution in [2.45, 2.75) is 13.5 Å². The van der Waals surface area contributed by atoms with Gasteiger partial charge in [0.1, 0.15) is 0 Å². The molecule has 0 bridgehead atoms. The Hall–Kier alpha value is -1.87. The molecule has 0 spiro atoms. The number of aryl methyl sites for hydroxylation is 1. The van der Waals surface area contributed by atoms with Gasteiger partial charge in [0.25, 0.3) is 0 Å². The Bertz CT molecular complexity index is 566. The van der Waals surface area contributed by atoms with Gasteiger partial charge in [0.15, 0.2) is 11.6 Å². The summed E-state index contributed by atoms with van der Waals surface area (Å²) in [7, 11) is 1.46. The van der Waals surface area contributed by atoms with E-state index in [1.54, 1.807) is 6.07 Å². The molecule has 0 saturated heterocycles. The van der Waals surface area contributed by atoms with Gasteiger partial charge in [0.2, 0.25) is 0 Å². The Morgan fingerprint density at radius 3 is 2.50 bits per heavy atom. The molecule has 2 N–H and O–H groups in total. The molecule has 2 rings (SSSR count). The third kappa shape index (κ3) is 2.36. The van der Waals surface area contributed by atoms with Crippen LogP contribution < -0.4 is 10.5 Å². The van der Waals surface area contributed by atoms with Crippen molar-refractivity contribution < 1.29 is 9.13 Å². The smallest absolute Gasteiger partial charge is 0.165 e. The van der Waals surface area contributed by atoms with Crippen LogP contribution in [-0.2, 0) is 6.54 Å². The van der Waals surface area contributed by atoms with Crippen molar-refractivity contribution in [3.63, 3.8) is 0 Å². The van der Waals surface area contributed by atoms with Crippen molar-refractivity contribution in [3.8, 4) is 16.9 Å². The molecule has 0 aromatic heterocycles. The number of halogens is 1. The summed E-state index contributed by atoms with van der Waals surface area (Å²) in [6.07, 6.45) is 0. The van der Waals surface area contributed by atoms with Gasteiger partial charge in [0.05, 0.1) is 7.11 Å². The van der Waals surface area contributed by atoms with Crippen LogP contribution in [0.5, 0.6) is 5.75 Å². The van der Waals surface area contributed by atoms with Crippen LogP contribution in [-0.4, -0.2) is 7.11 Å². The number of hydrogen-bond acceptors (Lipinski definition) is 2. The molecular formula is C15H16FNO. The van der Waals surface area contributed by atoms with Crippen LogP contribution in [0.4, 0.5) is 4.39 Å². The van der Waals surface area contributed by atoms with Gasteiger partial charge in [-0.1, -0.05) is 24.3 Å². The molecule has 94 valence electrons. The van der Waals surface area contributed by atoms with Gasteiger partial charge < -0.3 is 10.5 Å². The van der Waals surface area contributed by atoms with Crippen molar-refractivity contribution in [2.75, 3.05) is 7.11 Å². The van der Waals surface area contributed by atoms with Crippen LogP contribution in [0.1, 0.15) is 11.1 Å². The normalized spacial score (nSPS) is 10.4. The largest absolute Gasteiger partial charge is 0.494 e. The molecule has 2 nitrogen and oxygen atoms in total. The maximum atomic E-state index is 13.7. The SMILES string of the molecule is COc1ccc(-c2ccc(CN)cc2C)cc1F. The first-order chi connectivity index (χ1) is 8.65. The topological polar surface area (TPSA) is 35.2 Å². The van der Waals surface area contributed by atoms with E-state index in [-0.39, 0.29) is 11.6 Å². The molecule has 0 aliphatic carbocycles. The number of rotatable bonds is 3. The van der Waals surface area contributed by atoms with E-state index in [4.69, 9.17) is 10.5 Å². The number of ether oxygens (including phenoxy) is 1. The molecular weight excluding hydrogens is 229 g/mol. The minimum atomic E-state index is -0.350. The monoisotopic (exact) mass is 245 g/mol. The second kappa shape index (κ2) is 5.19.